The van der Waals surface area contributed by atoms with Gasteiger partial charge in [-0.05, 0) is 48.4 Å². The molecule has 3 aromatic carbocycles. The van der Waals surface area contributed by atoms with Crippen LogP contribution in [0.4, 0.5) is 0 Å². The molecule has 0 amide bonds. The highest BCUT2D eigenvalue weighted by Gasteiger charge is 2.12. The summed E-state index contributed by atoms with van der Waals surface area (Å²) in [6.07, 6.45) is 0.0490. The zero-order valence-electron chi connectivity index (χ0n) is 16.3. The van der Waals surface area contributed by atoms with Crippen LogP contribution < -0.4 is 10.1 Å². The van der Waals surface area contributed by atoms with Crippen LogP contribution in [0, 0.1) is 0 Å². The zero-order valence-corrected chi connectivity index (χ0v) is 17.1. The van der Waals surface area contributed by atoms with Crippen molar-refractivity contribution in [1.82, 2.24) is 5.32 Å². The predicted octanol–water partition coefficient (Wildman–Crippen LogP) is 3.77. The van der Waals surface area contributed by atoms with Crippen molar-refractivity contribution in [3.63, 3.8) is 0 Å². The Morgan fingerprint density at radius 2 is 1.45 bits per heavy atom. The van der Waals surface area contributed by atoms with Crippen molar-refractivity contribution in [3.8, 4) is 5.75 Å². The minimum atomic E-state index is -0.645. The molecule has 0 bridgehead atoms. The van der Waals surface area contributed by atoms with Gasteiger partial charge in [0, 0.05) is 22.4 Å². The number of para-hydroxylation sites is 1. The summed E-state index contributed by atoms with van der Waals surface area (Å²) in [6.45, 7) is 0.577. The van der Waals surface area contributed by atoms with Gasteiger partial charge in [0.05, 0.1) is 6.61 Å². The van der Waals surface area contributed by atoms with Crippen LogP contribution in [0.2, 0.25) is 0 Å². The van der Waals surface area contributed by atoms with Gasteiger partial charge in [0.2, 0.25) is 0 Å². The number of hydrogen-bond donors (Lipinski definition) is 3. The van der Waals surface area contributed by atoms with E-state index in [4.69, 9.17) is 4.74 Å². The molecule has 0 aromatic heterocycles. The van der Waals surface area contributed by atoms with Gasteiger partial charge in [0.1, 0.15) is 18.5 Å². The molecule has 0 unspecified atom stereocenters. The van der Waals surface area contributed by atoms with Gasteiger partial charge in [-0.3, -0.25) is 0 Å². The molecule has 0 aliphatic heterocycles. The van der Waals surface area contributed by atoms with Crippen LogP contribution in [0.25, 0.3) is 0 Å². The van der Waals surface area contributed by atoms with E-state index in [0.717, 1.165) is 11.3 Å². The standard InChI is InChI=1S/C24H27NO3S/c26-17-20(25-16-21(27)18-28-22-7-3-1-4-8-22)15-19-11-13-24(14-12-19)29-23-9-5-2-6-10-23/h1-14,20-21,25-27H,15-18H2/t20-,21-/m0/s1. The second kappa shape index (κ2) is 11.6. The molecule has 2 atom stereocenters. The summed E-state index contributed by atoms with van der Waals surface area (Å²) in [5, 5.41) is 23.0. The van der Waals surface area contributed by atoms with Crippen LogP contribution in [0.3, 0.4) is 0 Å². The third kappa shape index (κ3) is 7.55. The maximum Gasteiger partial charge on any atom is 0.119 e. The number of aliphatic hydroxyl groups excluding tert-OH is 2. The van der Waals surface area contributed by atoms with E-state index in [2.05, 4.69) is 41.7 Å². The van der Waals surface area contributed by atoms with Gasteiger partial charge in [0.25, 0.3) is 0 Å². The molecular formula is C24H27NO3S. The maximum atomic E-state index is 10.1. The molecule has 0 fully saturated rings. The predicted molar refractivity (Wildman–Crippen MR) is 118 cm³/mol. The van der Waals surface area contributed by atoms with Gasteiger partial charge in [-0.25, -0.2) is 0 Å². The SMILES string of the molecule is OC[C@H](Cc1ccc(Sc2ccccc2)cc1)NC[C@H](O)COc1ccccc1. The number of rotatable bonds is 11. The van der Waals surface area contributed by atoms with Gasteiger partial charge in [0.15, 0.2) is 0 Å². The highest BCUT2D eigenvalue weighted by Crippen LogP contribution is 2.27. The van der Waals surface area contributed by atoms with E-state index in [-0.39, 0.29) is 19.3 Å². The third-order valence-electron chi connectivity index (χ3n) is 4.43. The lowest BCUT2D eigenvalue weighted by atomic mass is 10.1. The first-order valence-electron chi connectivity index (χ1n) is 9.75. The number of aliphatic hydroxyl groups is 2. The Hall–Kier alpha value is -2.31. The maximum absolute atomic E-state index is 10.1. The molecule has 0 saturated heterocycles. The summed E-state index contributed by atoms with van der Waals surface area (Å²) >= 11 is 1.73. The van der Waals surface area contributed by atoms with Gasteiger partial charge in [-0.1, -0.05) is 60.3 Å². The molecule has 3 N–H and O–H groups in total. The second-order valence-corrected chi connectivity index (χ2v) is 7.98. The monoisotopic (exact) mass is 409 g/mol. The Morgan fingerprint density at radius 3 is 2.10 bits per heavy atom. The summed E-state index contributed by atoms with van der Waals surface area (Å²) in [5.74, 6) is 0.735. The number of hydrogen-bond acceptors (Lipinski definition) is 5. The van der Waals surface area contributed by atoms with Crippen LogP contribution in [-0.2, 0) is 6.42 Å². The quantitative estimate of drug-likeness (QED) is 0.450. The van der Waals surface area contributed by atoms with E-state index >= 15 is 0 Å². The van der Waals surface area contributed by atoms with Crippen LogP contribution in [0.1, 0.15) is 5.56 Å². The molecule has 152 valence electrons. The summed E-state index contributed by atoms with van der Waals surface area (Å²) in [6, 6.07) is 28.0. The van der Waals surface area contributed by atoms with E-state index in [1.54, 1.807) is 11.8 Å². The molecule has 29 heavy (non-hydrogen) atoms. The van der Waals surface area contributed by atoms with Crippen LogP contribution in [-0.4, -0.2) is 42.1 Å². The average molecular weight is 410 g/mol. The first-order valence-corrected chi connectivity index (χ1v) is 10.6. The number of ether oxygens (including phenoxy) is 1. The third-order valence-corrected chi connectivity index (χ3v) is 5.45. The Kier molecular flexibility index (Phi) is 8.58. The van der Waals surface area contributed by atoms with Crippen molar-refractivity contribution in [3.05, 3.63) is 90.5 Å². The minimum absolute atomic E-state index is 0.00673. The van der Waals surface area contributed by atoms with E-state index < -0.39 is 6.10 Å². The van der Waals surface area contributed by atoms with Gasteiger partial charge < -0.3 is 20.3 Å². The first-order chi connectivity index (χ1) is 14.2. The van der Waals surface area contributed by atoms with Crippen LogP contribution in [0.5, 0.6) is 5.75 Å². The van der Waals surface area contributed by atoms with E-state index in [0.29, 0.717) is 13.0 Å². The highest BCUT2D eigenvalue weighted by atomic mass is 32.2. The molecule has 4 nitrogen and oxygen atoms in total. The lowest BCUT2D eigenvalue weighted by molar-refractivity contribution is 0.0997. The molecule has 0 aliphatic rings. The summed E-state index contributed by atoms with van der Waals surface area (Å²) in [4.78, 5) is 2.39. The molecular weight excluding hydrogens is 382 g/mol. The van der Waals surface area contributed by atoms with Gasteiger partial charge in [-0.2, -0.15) is 0 Å². The molecule has 0 spiro atoms. The van der Waals surface area contributed by atoms with Crippen molar-refractivity contribution in [2.45, 2.75) is 28.4 Å². The topological polar surface area (TPSA) is 61.7 Å². The minimum Gasteiger partial charge on any atom is -0.491 e. The smallest absolute Gasteiger partial charge is 0.119 e. The molecule has 5 heteroatoms. The molecule has 0 aliphatic carbocycles. The molecule has 3 rings (SSSR count). The Balaban J connectivity index is 1.43. The lowest BCUT2D eigenvalue weighted by Gasteiger charge is -2.19. The summed E-state index contributed by atoms with van der Waals surface area (Å²) in [5.41, 5.74) is 1.14. The fourth-order valence-electron chi connectivity index (χ4n) is 2.87. The molecule has 0 saturated carbocycles. The van der Waals surface area contributed by atoms with Crippen molar-refractivity contribution >= 4 is 11.8 Å². The fourth-order valence-corrected chi connectivity index (χ4v) is 3.71. The normalized spacial score (nSPS) is 13.0. The Bertz CT molecular complexity index is 828. The Morgan fingerprint density at radius 1 is 0.828 bits per heavy atom. The zero-order chi connectivity index (χ0) is 20.3. The number of benzene rings is 3. The van der Waals surface area contributed by atoms with Crippen molar-refractivity contribution in [2.24, 2.45) is 0 Å². The summed E-state index contributed by atoms with van der Waals surface area (Å²) in [7, 11) is 0. The van der Waals surface area contributed by atoms with Crippen LogP contribution in [0.15, 0.2) is 94.7 Å². The number of nitrogens with one attached hydrogen (secondary N) is 1. The first kappa shape index (κ1) is 21.4. The van der Waals surface area contributed by atoms with Gasteiger partial charge in [-0.15, -0.1) is 0 Å². The average Bonchev–Trinajstić information content (AvgIpc) is 2.78. The molecule has 0 heterocycles. The largest absolute Gasteiger partial charge is 0.491 e. The van der Waals surface area contributed by atoms with Crippen molar-refractivity contribution < 1.29 is 14.9 Å². The lowest BCUT2D eigenvalue weighted by Crippen LogP contribution is -2.41. The van der Waals surface area contributed by atoms with Gasteiger partial charge >= 0.3 is 0 Å². The van der Waals surface area contributed by atoms with Crippen molar-refractivity contribution in [1.29, 1.82) is 0 Å². The van der Waals surface area contributed by atoms with Crippen LogP contribution >= 0.6 is 11.8 Å². The van der Waals surface area contributed by atoms with E-state index in [9.17, 15) is 10.2 Å². The fraction of sp³-hybridized carbons (Fsp3) is 0.250. The Labute approximate surface area is 176 Å². The second-order valence-electron chi connectivity index (χ2n) is 6.83. The van der Waals surface area contributed by atoms with Crippen molar-refractivity contribution in [2.75, 3.05) is 19.8 Å². The molecule has 0 radical (unpaired) electrons. The highest BCUT2D eigenvalue weighted by molar-refractivity contribution is 7.99. The van der Waals surface area contributed by atoms with E-state index in [1.165, 1.54) is 9.79 Å². The van der Waals surface area contributed by atoms with E-state index in [1.807, 2.05) is 48.5 Å². The summed E-state index contributed by atoms with van der Waals surface area (Å²) < 4.78 is 5.56. The molecule has 3 aromatic rings.